The molecule has 2 aliphatic rings. The van der Waals surface area contributed by atoms with Crippen molar-refractivity contribution in [1.82, 2.24) is 10.3 Å². The molecule has 0 spiro atoms. The molecule has 4 rings (SSSR count). The Morgan fingerprint density at radius 2 is 1.96 bits per heavy atom. The van der Waals surface area contributed by atoms with Gasteiger partial charge in [0.2, 0.25) is 5.88 Å². The molecule has 4 nitrogen and oxygen atoms in total. The van der Waals surface area contributed by atoms with Crippen molar-refractivity contribution in [3.63, 3.8) is 0 Å². The van der Waals surface area contributed by atoms with Crippen LogP contribution in [0.3, 0.4) is 0 Å². The average molecular weight is 362 g/mol. The van der Waals surface area contributed by atoms with E-state index in [2.05, 4.69) is 10.3 Å². The molecule has 132 valence electrons. The second kappa shape index (κ2) is 5.94. The first kappa shape index (κ1) is 16.8. The molecule has 0 radical (unpaired) electrons. The number of nitrogens with two attached hydrogens (primary N) is 1. The van der Waals surface area contributed by atoms with Crippen molar-refractivity contribution in [2.75, 3.05) is 13.1 Å². The predicted molar refractivity (Wildman–Crippen MR) is 96.1 cm³/mol. The van der Waals surface area contributed by atoms with Crippen LogP contribution in [0.1, 0.15) is 19.4 Å². The highest BCUT2D eigenvalue weighted by molar-refractivity contribution is 6.31. The van der Waals surface area contributed by atoms with E-state index in [1.807, 2.05) is 26.0 Å². The van der Waals surface area contributed by atoms with Crippen molar-refractivity contribution in [1.29, 1.82) is 0 Å². The third-order valence-corrected chi connectivity index (χ3v) is 5.32. The fourth-order valence-corrected chi connectivity index (χ4v) is 3.60. The van der Waals surface area contributed by atoms with Gasteiger partial charge in [-0.05, 0) is 43.7 Å². The molecule has 3 atom stereocenters. The maximum Gasteiger partial charge on any atom is 0.214 e. The maximum atomic E-state index is 13.5. The summed E-state index contributed by atoms with van der Waals surface area (Å²) in [6, 6.07) is 8.39. The lowest BCUT2D eigenvalue weighted by Gasteiger charge is -2.21. The third-order valence-electron chi connectivity index (χ3n) is 5.03. The van der Waals surface area contributed by atoms with Gasteiger partial charge < -0.3 is 15.8 Å². The molecule has 1 saturated heterocycles. The lowest BCUT2D eigenvalue weighted by molar-refractivity contribution is 0.251. The molecule has 2 heterocycles. The number of pyridine rings is 1. The van der Waals surface area contributed by atoms with Crippen molar-refractivity contribution in [2.45, 2.75) is 25.5 Å². The molecule has 1 saturated carbocycles. The zero-order valence-electron chi connectivity index (χ0n) is 14.2. The number of ether oxygens (including phenoxy) is 1. The van der Waals surface area contributed by atoms with Gasteiger partial charge in [-0.15, -0.1) is 0 Å². The van der Waals surface area contributed by atoms with Crippen LogP contribution in [0.5, 0.6) is 5.88 Å². The largest absolute Gasteiger partial charge is 0.474 e. The number of halogens is 2. The molecule has 2 aromatic rings. The minimum atomic E-state index is -0.541. The molecule has 2 fully saturated rings. The van der Waals surface area contributed by atoms with Crippen molar-refractivity contribution in [3.05, 3.63) is 46.7 Å². The Morgan fingerprint density at radius 3 is 2.60 bits per heavy atom. The normalized spacial score (nSPS) is 24.9. The summed E-state index contributed by atoms with van der Waals surface area (Å²) in [7, 11) is 0. The van der Waals surface area contributed by atoms with E-state index in [9.17, 15) is 4.39 Å². The Balaban J connectivity index is 1.70. The molecule has 1 aliphatic carbocycles. The van der Waals surface area contributed by atoms with Crippen LogP contribution in [-0.4, -0.2) is 24.2 Å². The number of aromatic nitrogens is 1. The summed E-state index contributed by atoms with van der Waals surface area (Å²) >= 11 is 5.93. The minimum Gasteiger partial charge on any atom is -0.474 e. The van der Waals surface area contributed by atoms with E-state index >= 15 is 0 Å². The van der Waals surface area contributed by atoms with Gasteiger partial charge in [0.15, 0.2) is 0 Å². The van der Waals surface area contributed by atoms with E-state index in [1.54, 1.807) is 12.1 Å². The number of hydrogen-bond donors (Lipinski definition) is 2. The zero-order chi connectivity index (χ0) is 17.8. The van der Waals surface area contributed by atoms with Gasteiger partial charge in [-0.25, -0.2) is 9.37 Å². The average Bonchev–Trinajstić information content (AvgIpc) is 2.98. The van der Waals surface area contributed by atoms with Crippen LogP contribution in [0.25, 0.3) is 11.3 Å². The summed E-state index contributed by atoms with van der Waals surface area (Å²) in [6.07, 6.45) is 0.217. The van der Waals surface area contributed by atoms with Gasteiger partial charge in [-0.3, -0.25) is 0 Å². The van der Waals surface area contributed by atoms with Gasteiger partial charge in [-0.2, -0.15) is 0 Å². The number of piperidine rings is 1. The number of fused-ring (bicyclic) bond motifs is 1. The van der Waals surface area contributed by atoms with E-state index in [4.69, 9.17) is 22.1 Å². The summed E-state index contributed by atoms with van der Waals surface area (Å²) < 4.78 is 19.6. The topological polar surface area (TPSA) is 60.2 Å². The summed E-state index contributed by atoms with van der Waals surface area (Å²) in [4.78, 5) is 4.62. The fraction of sp³-hybridized carbons (Fsp3) is 0.421. The van der Waals surface area contributed by atoms with Gasteiger partial charge in [0, 0.05) is 42.1 Å². The lowest BCUT2D eigenvalue weighted by Crippen LogP contribution is -2.29. The van der Waals surface area contributed by atoms with Crippen LogP contribution in [-0.2, 0) is 5.54 Å². The Hall–Kier alpha value is -1.69. The first-order valence-corrected chi connectivity index (χ1v) is 8.85. The minimum absolute atomic E-state index is 0.0713. The molecule has 3 N–H and O–H groups in total. The van der Waals surface area contributed by atoms with E-state index in [1.165, 1.54) is 6.07 Å². The van der Waals surface area contributed by atoms with Gasteiger partial charge in [0.05, 0.1) is 10.7 Å². The number of benzene rings is 1. The Morgan fingerprint density at radius 1 is 1.24 bits per heavy atom. The number of nitrogens with zero attached hydrogens (tertiary/aromatic N) is 1. The molecule has 1 unspecified atom stereocenters. The SMILES string of the molecule is CC(C)(N)c1cc(OC2[C@H]3CNC[C@@H]23)nc(-c2ccc(F)c(Cl)c2)c1. The molecular weight excluding hydrogens is 341 g/mol. The molecular formula is C19H21ClFN3O. The summed E-state index contributed by atoms with van der Waals surface area (Å²) in [6.45, 7) is 5.86. The van der Waals surface area contributed by atoms with E-state index in [0.29, 0.717) is 23.4 Å². The molecule has 1 aromatic carbocycles. The second-order valence-electron chi connectivity index (χ2n) is 7.50. The van der Waals surface area contributed by atoms with Gasteiger partial charge >= 0.3 is 0 Å². The van der Waals surface area contributed by atoms with Crippen LogP contribution in [0.2, 0.25) is 5.02 Å². The second-order valence-corrected chi connectivity index (χ2v) is 7.91. The number of nitrogens with one attached hydrogen (secondary N) is 1. The monoisotopic (exact) mass is 361 g/mol. The standard InChI is InChI=1S/C19H21ClFN3O/c1-19(2,22)11-6-16(10-3-4-15(21)14(20)5-10)24-17(7-11)25-18-12-8-23-9-13(12)18/h3-7,12-13,18,23H,8-9,22H2,1-2H3/t12-,13+,18?. The highest BCUT2D eigenvalue weighted by Gasteiger charge is 2.55. The summed E-state index contributed by atoms with van der Waals surface area (Å²) in [5, 5.41) is 3.42. The van der Waals surface area contributed by atoms with Crippen molar-refractivity contribution < 1.29 is 9.13 Å². The number of rotatable bonds is 4. The van der Waals surface area contributed by atoms with Crippen LogP contribution in [0, 0.1) is 17.7 Å². The summed E-state index contributed by atoms with van der Waals surface area (Å²) in [5.41, 5.74) is 8.07. The maximum absolute atomic E-state index is 13.5. The van der Waals surface area contributed by atoms with Crippen LogP contribution < -0.4 is 15.8 Å². The van der Waals surface area contributed by atoms with Gasteiger partial charge in [-0.1, -0.05) is 11.6 Å². The smallest absolute Gasteiger partial charge is 0.214 e. The first-order valence-electron chi connectivity index (χ1n) is 8.47. The van der Waals surface area contributed by atoms with Gasteiger partial charge in [0.25, 0.3) is 0 Å². The molecule has 1 aliphatic heterocycles. The van der Waals surface area contributed by atoms with Crippen molar-refractivity contribution in [2.24, 2.45) is 17.6 Å². The molecule has 1 aromatic heterocycles. The molecule has 0 amide bonds. The zero-order valence-corrected chi connectivity index (χ0v) is 15.0. The molecule has 6 heteroatoms. The highest BCUT2D eigenvalue weighted by Crippen LogP contribution is 2.44. The quantitative estimate of drug-likeness (QED) is 0.877. The number of hydrogen-bond acceptors (Lipinski definition) is 4. The van der Waals surface area contributed by atoms with E-state index in [0.717, 1.165) is 24.2 Å². The van der Waals surface area contributed by atoms with Crippen LogP contribution in [0.4, 0.5) is 4.39 Å². The Kier molecular flexibility index (Phi) is 3.98. The third kappa shape index (κ3) is 3.24. The molecule has 25 heavy (non-hydrogen) atoms. The van der Waals surface area contributed by atoms with E-state index < -0.39 is 11.4 Å². The van der Waals surface area contributed by atoms with Gasteiger partial charge in [0.1, 0.15) is 11.9 Å². The Bertz CT molecular complexity index is 811. The summed E-state index contributed by atoms with van der Waals surface area (Å²) in [5.74, 6) is 1.25. The van der Waals surface area contributed by atoms with Crippen LogP contribution >= 0.6 is 11.6 Å². The lowest BCUT2D eigenvalue weighted by atomic mass is 9.95. The Labute approximate surface area is 151 Å². The first-order chi connectivity index (χ1) is 11.8. The molecule has 0 bridgehead atoms. The van der Waals surface area contributed by atoms with Crippen LogP contribution in [0.15, 0.2) is 30.3 Å². The highest BCUT2D eigenvalue weighted by atomic mass is 35.5. The van der Waals surface area contributed by atoms with E-state index in [-0.39, 0.29) is 11.1 Å². The van der Waals surface area contributed by atoms with Crippen molar-refractivity contribution >= 4 is 11.6 Å². The predicted octanol–water partition coefficient (Wildman–Crippen LogP) is 3.33. The van der Waals surface area contributed by atoms with Crippen molar-refractivity contribution in [3.8, 4) is 17.1 Å². The fourth-order valence-electron chi connectivity index (χ4n) is 3.42.